The van der Waals surface area contributed by atoms with Crippen LogP contribution < -0.4 is 0 Å². The van der Waals surface area contributed by atoms with E-state index in [1.807, 2.05) is 32.0 Å². The Kier molecular flexibility index (Phi) is 6.12. The van der Waals surface area contributed by atoms with Crippen LogP contribution in [0.15, 0.2) is 18.2 Å². The van der Waals surface area contributed by atoms with Gasteiger partial charge in [0, 0.05) is 51.5 Å². The number of hydrogen-bond donors (Lipinski definition) is 0. The molecule has 1 heterocycles. The number of carbonyl (C=O) groups excluding carboxylic acids is 3. The predicted octanol–water partition coefficient (Wildman–Crippen LogP) is 2.35. The lowest BCUT2D eigenvalue weighted by molar-refractivity contribution is -0.132. The van der Waals surface area contributed by atoms with E-state index in [2.05, 4.69) is 0 Å². The van der Waals surface area contributed by atoms with Crippen molar-refractivity contribution in [2.75, 3.05) is 26.2 Å². The quantitative estimate of drug-likeness (QED) is 0.796. The highest BCUT2D eigenvalue weighted by molar-refractivity contribution is 5.98. The summed E-state index contributed by atoms with van der Waals surface area (Å²) >= 11 is 0. The minimum absolute atomic E-state index is 0.00224. The average Bonchev–Trinajstić information content (AvgIpc) is 2.81. The van der Waals surface area contributed by atoms with Crippen molar-refractivity contribution in [1.82, 2.24) is 9.80 Å². The second-order valence-electron chi connectivity index (χ2n) is 6.46. The number of nitrogens with zero attached hydrogens (tertiary/aromatic N) is 2. The van der Waals surface area contributed by atoms with Crippen molar-refractivity contribution >= 4 is 17.6 Å². The molecule has 0 radical (unpaired) electrons. The number of rotatable bonds is 4. The Morgan fingerprint density at radius 3 is 2.25 bits per heavy atom. The molecule has 5 heteroatoms. The van der Waals surface area contributed by atoms with Crippen LogP contribution in [0.3, 0.4) is 0 Å². The van der Waals surface area contributed by atoms with E-state index in [-0.39, 0.29) is 30.4 Å². The maximum Gasteiger partial charge on any atom is 0.223 e. The molecule has 1 saturated heterocycles. The van der Waals surface area contributed by atoms with Crippen molar-refractivity contribution < 1.29 is 14.4 Å². The van der Waals surface area contributed by atoms with Gasteiger partial charge in [0.15, 0.2) is 5.78 Å². The molecule has 0 N–H and O–H groups in total. The zero-order valence-corrected chi connectivity index (χ0v) is 14.8. The molecule has 1 aliphatic heterocycles. The monoisotopic (exact) mass is 330 g/mol. The third-order valence-corrected chi connectivity index (χ3v) is 4.69. The number of ketones is 1. The predicted molar refractivity (Wildman–Crippen MR) is 92.9 cm³/mol. The van der Waals surface area contributed by atoms with Crippen LogP contribution in [-0.4, -0.2) is 53.6 Å². The molecule has 0 saturated carbocycles. The highest BCUT2D eigenvalue weighted by Crippen LogP contribution is 2.13. The Morgan fingerprint density at radius 2 is 1.58 bits per heavy atom. The highest BCUT2D eigenvalue weighted by Gasteiger charge is 2.21. The molecule has 1 aromatic carbocycles. The number of hydrogen-bond acceptors (Lipinski definition) is 3. The lowest BCUT2D eigenvalue weighted by atomic mass is 10.0. The molecule has 24 heavy (non-hydrogen) atoms. The van der Waals surface area contributed by atoms with Crippen molar-refractivity contribution in [2.45, 2.75) is 40.0 Å². The van der Waals surface area contributed by atoms with Crippen molar-refractivity contribution in [3.63, 3.8) is 0 Å². The van der Waals surface area contributed by atoms with Gasteiger partial charge in [0.05, 0.1) is 0 Å². The SMILES string of the molecule is CC(=O)N1CCCN(C(=O)CCC(=O)c2ccc(C)c(C)c2)CC1. The molecule has 0 atom stereocenters. The Morgan fingerprint density at radius 1 is 0.917 bits per heavy atom. The summed E-state index contributed by atoms with van der Waals surface area (Å²) < 4.78 is 0. The Labute approximate surface area is 143 Å². The summed E-state index contributed by atoms with van der Waals surface area (Å²) in [6, 6.07) is 5.65. The molecular weight excluding hydrogens is 304 g/mol. The first-order chi connectivity index (χ1) is 11.4. The van der Waals surface area contributed by atoms with Crippen LogP contribution in [-0.2, 0) is 9.59 Å². The van der Waals surface area contributed by atoms with Gasteiger partial charge in [0.25, 0.3) is 0 Å². The fourth-order valence-electron chi connectivity index (χ4n) is 2.92. The molecule has 5 nitrogen and oxygen atoms in total. The van der Waals surface area contributed by atoms with E-state index in [9.17, 15) is 14.4 Å². The normalized spacial score (nSPS) is 15.1. The van der Waals surface area contributed by atoms with Gasteiger partial charge in [-0.05, 0) is 37.5 Å². The first-order valence-electron chi connectivity index (χ1n) is 8.52. The maximum atomic E-state index is 12.4. The zero-order valence-electron chi connectivity index (χ0n) is 14.8. The summed E-state index contributed by atoms with van der Waals surface area (Å²) in [6.07, 6.45) is 1.25. The molecule has 0 spiro atoms. The molecule has 130 valence electrons. The van der Waals surface area contributed by atoms with Crippen LogP contribution in [0, 0.1) is 13.8 Å². The van der Waals surface area contributed by atoms with E-state index in [0.717, 1.165) is 17.5 Å². The number of benzene rings is 1. The number of Topliss-reactive ketones (excluding diaryl/α,β-unsaturated/α-hetero) is 1. The standard InChI is InChI=1S/C19H26N2O3/c1-14-5-6-17(13-15(14)2)18(23)7-8-19(24)21-10-4-9-20(11-12-21)16(3)22/h5-6,13H,4,7-12H2,1-3H3. The lowest BCUT2D eigenvalue weighted by Gasteiger charge is -2.21. The molecule has 1 aliphatic rings. The van der Waals surface area contributed by atoms with E-state index in [1.54, 1.807) is 16.7 Å². The first kappa shape index (κ1) is 18.2. The fourth-order valence-corrected chi connectivity index (χ4v) is 2.92. The van der Waals surface area contributed by atoms with Gasteiger partial charge in [0.2, 0.25) is 11.8 Å². The molecule has 2 amide bonds. The van der Waals surface area contributed by atoms with Crippen LogP contribution in [0.4, 0.5) is 0 Å². The summed E-state index contributed by atoms with van der Waals surface area (Å²) in [4.78, 5) is 39.6. The third kappa shape index (κ3) is 4.66. The zero-order chi connectivity index (χ0) is 17.7. The van der Waals surface area contributed by atoms with Gasteiger partial charge in [-0.15, -0.1) is 0 Å². The minimum Gasteiger partial charge on any atom is -0.341 e. The molecule has 0 unspecified atom stereocenters. The summed E-state index contributed by atoms with van der Waals surface area (Å²) in [5, 5.41) is 0. The van der Waals surface area contributed by atoms with E-state index >= 15 is 0 Å². The van der Waals surface area contributed by atoms with Gasteiger partial charge in [-0.1, -0.05) is 12.1 Å². The van der Waals surface area contributed by atoms with E-state index in [1.165, 1.54) is 0 Å². The van der Waals surface area contributed by atoms with Gasteiger partial charge in [-0.3, -0.25) is 14.4 Å². The van der Waals surface area contributed by atoms with E-state index in [0.29, 0.717) is 31.7 Å². The number of aryl methyl sites for hydroxylation is 2. The fraction of sp³-hybridized carbons (Fsp3) is 0.526. The molecule has 0 aliphatic carbocycles. The number of amides is 2. The Bertz CT molecular complexity index is 639. The van der Waals surface area contributed by atoms with Gasteiger partial charge in [-0.2, -0.15) is 0 Å². The van der Waals surface area contributed by atoms with Gasteiger partial charge >= 0.3 is 0 Å². The average molecular weight is 330 g/mol. The largest absolute Gasteiger partial charge is 0.341 e. The summed E-state index contributed by atoms with van der Waals surface area (Å²) in [7, 11) is 0. The molecule has 1 aromatic rings. The highest BCUT2D eigenvalue weighted by atomic mass is 16.2. The molecule has 0 bridgehead atoms. The summed E-state index contributed by atoms with van der Waals surface area (Å²) in [6.45, 7) is 8.02. The second-order valence-corrected chi connectivity index (χ2v) is 6.46. The molecule has 2 rings (SSSR count). The molecule has 0 aromatic heterocycles. The summed E-state index contributed by atoms with van der Waals surface area (Å²) in [5.41, 5.74) is 2.91. The summed E-state index contributed by atoms with van der Waals surface area (Å²) in [5.74, 6) is 0.0541. The van der Waals surface area contributed by atoms with Crippen LogP contribution in [0.25, 0.3) is 0 Å². The Balaban J connectivity index is 1.87. The second kappa shape index (κ2) is 8.08. The van der Waals surface area contributed by atoms with E-state index < -0.39 is 0 Å². The minimum atomic E-state index is -0.00224. The van der Waals surface area contributed by atoms with E-state index in [4.69, 9.17) is 0 Å². The molecule has 1 fully saturated rings. The topological polar surface area (TPSA) is 57.7 Å². The third-order valence-electron chi connectivity index (χ3n) is 4.69. The smallest absolute Gasteiger partial charge is 0.223 e. The van der Waals surface area contributed by atoms with Gasteiger partial charge in [-0.25, -0.2) is 0 Å². The van der Waals surface area contributed by atoms with Crippen molar-refractivity contribution in [2.24, 2.45) is 0 Å². The first-order valence-corrected chi connectivity index (χ1v) is 8.52. The van der Waals surface area contributed by atoms with Crippen molar-refractivity contribution in [3.8, 4) is 0 Å². The lowest BCUT2D eigenvalue weighted by Crippen LogP contribution is -2.36. The van der Waals surface area contributed by atoms with Crippen LogP contribution in [0.5, 0.6) is 0 Å². The Hall–Kier alpha value is -2.17. The number of carbonyl (C=O) groups is 3. The van der Waals surface area contributed by atoms with Gasteiger partial charge < -0.3 is 9.80 Å². The van der Waals surface area contributed by atoms with Crippen molar-refractivity contribution in [3.05, 3.63) is 34.9 Å². The van der Waals surface area contributed by atoms with Crippen LogP contribution >= 0.6 is 0 Å². The van der Waals surface area contributed by atoms with Crippen LogP contribution in [0.2, 0.25) is 0 Å². The maximum absolute atomic E-state index is 12.4. The van der Waals surface area contributed by atoms with Gasteiger partial charge in [0.1, 0.15) is 0 Å². The molecular formula is C19H26N2O3. The van der Waals surface area contributed by atoms with Crippen molar-refractivity contribution in [1.29, 1.82) is 0 Å². The van der Waals surface area contributed by atoms with Crippen LogP contribution in [0.1, 0.15) is 47.7 Å².